The Labute approximate surface area is 110 Å². The van der Waals surface area contributed by atoms with Crippen LogP contribution in [0.1, 0.15) is 23.8 Å². The summed E-state index contributed by atoms with van der Waals surface area (Å²) in [6.07, 6.45) is 3.97. The maximum atomic E-state index is 11.5. The summed E-state index contributed by atoms with van der Waals surface area (Å²) in [7, 11) is 0. The van der Waals surface area contributed by atoms with E-state index >= 15 is 0 Å². The fraction of sp³-hybridized carbons (Fsp3) is 0.133. The lowest BCUT2D eigenvalue weighted by Crippen LogP contribution is -2.02. The topological polar surface area (TPSA) is 47.8 Å². The number of fused-ring (bicyclic) bond motifs is 1. The molecule has 3 rings (SSSR count). The normalized spacial score (nSPS) is 10.8. The molecule has 3 aromatic rings. The minimum Gasteiger partial charge on any atom is -0.292 e. The average molecular weight is 251 g/mol. The molecule has 0 amide bonds. The summed E-state index contributed by atoms with van der Waals surface area (Å²) >= 11 is 0. The van der Waals surface area contributed by atoms with Crippen molar-refractivity contribution in [3.63, 3.8) is 0 Å². The van der Waals surface area contributed by atoms with Crippen molar-refractivity contribution in [3.05, 3.63) is 54.5 Å². The molecule has 0 fully saturated rings. The molecule has 0 saturated heterocycles. The van der Waals surface area contributed by atoms with E-state index < -0.39 is 0 Å². The second-order valence-corrected chi connectivity index (χ2v) is 4.29. The van der Waals surface area contributed by atoms with Gasteiger partial charge in [-0.05, 0) is 18.2 Å². The van der Waals surface area contributed by atoms with Gasteiger partial charge in [0.15, 0.2) is 5.78 Å². The number of carbonyl (C=O) groups is 1. The summed E-state index contributed by atoms with van der Waals surface area (Å²) < 4.78 is 1.82. The van der Waals surface area contributed by atoms with E-state index in [4.69, 9.17) is 0 Å². The van der Waals surface area contributed by atoms with Crippen molar-refractivity contribution in [1.82, 2.24) is 14.8 Å². The van der Waals surface area contributed by atoms with Crippen molar-refractivity contribution in [2.24, 2.45) is 0 Å². The minimum atomic E-state index is 0.0527. The van der Waals surface area contributed by atoms with Crippen LogP contribution < -0.4 is 0 Å². The van der Waals surface area contributed by atoms with Crippen LogP contribution in [-0.4, -0.2) is 20.5 Å². The Balaban J connectivity index is 2.05. The molecule has 0 spiro atoms. The van der Waals surface area contributed by atoms with Crippen LogP contribution in [0.25, 0.3) is 16.6 Å². The van der Waals surface area contributed by atoms with Gasteiger partial charge in [0.05, 0.1) is 23.6 Å². The number of benzene rings is 1. The molecule has 0 atom stereocenters. The Morgan fingerprint density at radius 2 is 2.00 bits per heavy atom. The number of carbonyl (C=O) groups excluding carboxylic acids is 1. The van der Waals surface area contributed by atoms with Gasteiger partial charge in [0.2, 0.25) is 0 Å². The quantitative estimate of drug-likeness (QED) is 0.672. The van der Waals surface area contributed by atoms with Gasteiger partial charge in [-0.15, -0.1) is 0 Å². The molecule has 4 heteroatoms. The molecular formula is C15H13N3O. The number of para-hydroxylation sites is 1. The molecule has 0 aliphatic carbocycles. The standard InChI is InChI=1S/C15H13N3O/c1-2-15(19)13-8-7-12(10-16-13)18-14-6-4-3-5-11(14)9-17-18/h3-10H,2H2,1H3. The van der Waals surface area contributed by atoms with E-state index in [0.717, 1.165) is 16.6 Å². The lowest BCUT2D eigenvalue weighted by Gasteiger charge is -2.04. The number of pyridine rings is 1. The molecule has 0 aliphatic rings. The van der Waals surface area contributed by atoms with Crippen molar-refractivity contribution in [1.29, 1.82) is 0 Å². The Hall–Kier alpha value is -2.49. The van der Waals surface area contributed by atoms with Crippen LogP contribution in [0.3, 0.4) is 0 Å². The van der Waals surface area contributed by atoms with Crippen molar-refractivity contribution in [2.45, 2.75) is 13.3 Å². The Morgan fingerprint density at radius 1 is 1.16 bits per heavy atom. The molecule has 0 radical (unpaired) electrons. The zero-order valence-electron chi connectivity index (χ0n) is 10.6. The third-order valence-corrected chi connectivity index (χ3v) is 3.08. The summed E-state index contributed by atoms with van der Waals surface area (Å²) in [5.41, 5.74) is 2.38. The van der Waals surface area contributed by atoms with E-state index in [1.54, 1.807) is 12.3 Å². The molecule has 0 unspecified atom stereocenters. The maximum absolute atomic E-state index is 11.5. The largest absolute Gasteiger partial charge is 0.292 e. The van der Waals surface area contributed by atoms with Crippen LogP contribution in [0.5, 0.6) is 0 Å². The van der Waals surface area contributed by atoms with Gasteiger partial charge in [0, 0.05) is 11.8 Å². The van der Waals surface area contributed by atoms with Crippen LogP contribution in [0.15, 0.2) is 48.8 Å². The smallest absolute Gasteiger partial charge is 0.180 e. The van der Waals surface area contributed by atoms with Crippen molar-refractivity contribution in [2.75, 3.05) is 0 Å². The van der Waals surface area contributed by atoms with Gasteiger partial charge in [-0.25, -0.2) is 4.68 Å². The molecule has 0 N–H and O–H groups in total. The predicted octanol–water partition coefficient (Wildman–Crippen LogP) is 3.01. The first-order valence-corrected chi connectivity index (χ1v) is 6.22. The van der Waals surface area contributed by atoms with Crippen LogP contribution >= 0.6 is 0 Å². The average Bonchev–Trinajstić information content (AvgIpc) is 2.90. The van der Waals surface area contributed by atoms with E-state index in [1.807, 2.05) is 48.1 Å². The second-order valence-electron chi connectivity index (χ2n) is 4.29. The van der Waals surface area contributed by atoms with Crippen LogP contribution in [0.2, 0.25) is 0 Å². The minimum absolute atomic E-state index is 0.0527. The fourth-order valence-electron chi connectivity index (χ4n) is 2.03. The zero-order valence-corrected chi connectivity index (χ0v) is 10.6. The first-order chi connectivity index (χ1) is 9.29. The molecule has 94 valence electrons. The molecule has 4 nitrogen and oxygen atoms in total. The van der Waals surface area contributed by atoms with Crippen LogP contribution in [0, 0.1) is 0 Å². The fourth-order valence-corrected chi connectivity index (χ4v) is 2.03. The van der Waals surface area contributed by atoms with Gasteiger partial charge < -0.3 is 0 Å². The molecule has 19 heavy (non-hydrogen) atoms. The third-order valence-electron chi connectivity index (χ3n) is 3.08. The Bertz CT molecular complexity index is 728. The molecule has 2 aromatic heterocycles. The highest BCUT2D eigenvalue weighted by atomic mass is 16.1. The Morgan fingerprint density at radius 3 is 2.74 bits per heavy atom. The van der Waals surface area contributed by atoms with Crippen molar-refractivity contribution >= 4 is 16.7 Å². The van der Waals surface area contributed by atoms with Gasteiger partial charge in [0.1, 0.15) is 5.69 Å². The van der Waals surface area contributed by atoms with Gasteiger partial charge >= 0.3 is 0 Å². The summed E-state index contributed by atoms with van der Waals surface area (Å²) in [4.78, 5) is 15.7. The first kappa shape index (κ1) is 11.6. The molecule has 0 aliphatic heterocycles. The number of Topliss-reactive ketones (excluding diaryl/α,β-unsaturated/α-hetero) is 1. The molecule has 0 bridgehead atoms. The van der Waals surface area contributed by atoms with E-state index in [0.29, 0.717) is 12.1 Å². The maximum Gasteiger partial charge on any atom is 0.180 e. The number of hydrogen-bond acceptors (Lipinski definition) is 3. The lowest BCUT2D eigenvalue weighted by atomic mass is 10.2. The SMILES string of the molecule is CCC(=O)c1ccc(-n2ncc3ccccc32)cn1. The van der Waals surface area contributed by atoms with Gasteiger partial charge in [-0.1, -0.05) is 25.1 Å². The molecule has 1 aromatic carbocycles. The summed E-state index contributed by atoms with van der Waals surface area (Å²) in [5, 5.41) is 5.43. The number of hydrogen-bond donors (Lipinski definition) is 0. The van der Waals surface area contributed by atoms with Gasteiger partial charge in [-0.2, -0.15) is 5.10 Å². The molecule has 2 heterocycles. The van der Waals surface area contributed by atoms with Crippen LogP contribution in [0.4, 0.5) is 0 Å². The van der Waals surface area contributed by atoms with Gasteiger partial charge in [-0.3, -0.25) is 9.78 Å². The monoisotopic (exact) mass is 251 g/mol. The summed E-state index contributed by atoms with van der Waals surface area (Å²) in [6, 6.07) is 11.6. The van der Waals surface area contributed by atoms with E-state index in [1.165, 1.54) is 0 Å². The van der Waals surface area contributed by atoms with Crippen molar-refractivity contribution < 1.29 is 4.79 Å². The van der Waals surface area contributed by atoms with E-state index in [9.17, 15) is 4.79 Å². The molecule has 0 saturated carbocycles. The third kappa shape index (κ3) is 2.01. The van der Waals surface area contributed by atoms with E-state index in [-0.39, 0.29) is 5.78 Å². The predicted molar refractivity (Wildman–Crippen MR) is 73.5 cm³/mol. The van der Waals surface area contributed by atoms with E-state index in [2.05, 4.69) is 10.1 Å². The number of rotatable bonds is 3. The first-order valence-electron chi connectivity index (χ1n) is 6.22. The highest BCUT2D eigenvalue weighted by Crippen LogP contribution is 2.17. The van der Waals surface area contributed by atoms with Crippen LogP contribution in [-0.2, 0) is 0 Å². The van der Waals surface area contributed by atoms with Crippen molar-refractivity contribution in [3.8, 4) is 5.69 Å². The highest BCUT2D eigenvalue weighted by molar-refractivity contribution is 5.94. The highest BCUT2D eigenvalue weighted by Gasteiger charge is 2.07. The zero-order chi connectivity index (χ0) is 13.2. The number of aromatic nitrogens is 3. The lowest BCUT2D eigenvalue weighted by molar-refractivity contribution is 0.0983. The summed E-state index contributed by atoms with van der Waals surface area (Å²) in [5.74, 6) is 0.0527. The second kappa shape index (κ2) is 4.65. The molecular weight excluding hydrogens is 238 g/mol. The number of ketones is 1. The number of nitrogens with zero attached hydrogens (tertiary/aromatic N) is 3. The summed E-state index contributed by atoms with van der Waals surface area (Å²) in [6.45, 7) is 1.83. The van der Waals surface area contributed by atoms with Gasteiger partial charge in [0.25, 0.3) is 0 Å². The Kier molecular flexibility index (Phi) is 2.83.